The van der Waals surface area contributed by atoms with E-state index in [0.717, 1.165) is 0 Å². The highest BCUT2D eigenvalue weighted by molar-refractivity contribution is 5.98. The van der Waals surface area contributed by atoms with Crippen LogP contribution in [0, 0.1) is 0 Å². The first-order valence-corrected chi connectivity index (χ1v) is 7.34. The van der Waals surface area contributed by atoms with E-state index < -0.39 is 12.9 Å². The molecule has 0 aliphatic carbocycles. The van der Waals surface area contributed by atoms with Crippen LogP contribution in [0.3, 0.4) is 0 Å². The predicted octanol–water partition coefficient (Wildman–Crippen LogP) is 2.16. The Labute approximate surface area is 149 Å². The van der Waals surface area contributed by atoms with E-state index in [1.54, 1.807) is 36.7 Å². The van der Waals surface area contributed by atoms with Crippen LogP contribution in [-0.4, -0.2) is 34.9 Å². The number of hydrogen-bond acceptors (Lipinski definition) is 6. The van der Waals surface area contributed by atoms with Gasteiger partial charge < -0.3 is 15.8 Å². The molecule has 1 amide bonds. The number of nitrogen functional groups attached to an aromatic ring is 1. The summed E-state index contributed by atoms with van der Waals surface area (Å²) in [5.41, 5.74) is 7.63. The summed E-state index contributed by atoms with van der Waals surface area (Å²) in [6.45, 7) is -2.62. The van der Waals surface area contributed by atoms with Crippen molar-refractivity contribution >= 4 is 11.7 Å². The second kappa shape index (κ2) is 6.96. The van der Waals surface area contributed by atoms with Gasteiger partial charge in [-0.1, -0.05) is 6.07 Å². The van der Waals surface area contributed by atoms with Crippen LogP contribution in [0.15, 0.2) is 48.8 Å². The molecule has 0 unspecified atom stereocenters. The van der Waals surface area contributed by atoms with Gasteiger partial charge in [0.1, 0.15) is 11.6 Å². The van der Waals surface area contributed by atoms with Crippen LogP contribution < -0.4 is 15.8 Å². The molecular weight excluding hydrogens is 318 g/mol. The zero-order chi connectivity index (χ0) is 20.3. The number of ether oxygens (including phenoxy) is 1. The lowest BCUT2D eigenvalue weighted by molar-refractivity contribution is 0.0963. The maximum Gasteiger partial charge on any atom is 0.254 e. The molecule has 25 heavy (non-hydrogen) atoms. The molecule has 3 N–H and O–H groups in total. The number of anilines is 1. The van der Waals surface area contributed by atoms with Gasteiger partial charge >= 0.3 is 0 Å². The van der Waals surface area contributed by atoms with Gasteiger partial charge in [0.15, 0.2) is 5.82 Å². The number of rotatable bonds is 4. The summed E-state index contributed by atoms with van der Waals surface area (Å²) < 4.78 is 26.9. The Kier molecular flexibility index (Phi) is 3.59. The van der Waals surface area contributed by atoms with Crippen LogP contribution in [0.2, 0.25) is 0 Å². The Hall–Kier alpha value is -3.48. The number of carbonyl (C=O) groups is 1. The van der Waals surface area contributed by atoms with Crippen molar-refractivity contribution in [1.82, 2.24) is 20.3 Å². The highest BCUT2D eigenvalue weighted by Gasteiger charge is 2.17. The third-order valence-electron chi connectivity index (χ3n) is 3.58. The Morgan fingerprint density at radius 2 is 1.92 bits per heavy atom. The van der Waals surface area contributed by atoms with Crippen LogP contribution in [0.1, 0.15) is 14.5 Å². The second-order valence-corrected chi connectivity index (χ2v) is 5.04. The number of nitrogens with two attached hydrogens (primary N) is 1. The standard InChI is InChI=1S/C18H17N5O2/c1-20-18(24)13-7-8-14(23-16(13)19)11-5-3-6-12(15(11)25-2)17-21-9-4-10-22-17/h3-10H,1-2H3,(H2,19,23)(H,20,24)/i1D3. The molecule has 0 bridgehead atoms. The molecule has 2 aromatic heterocycles. The van der Waals surface area contributed by atoms with Gasteiger partial charge in [-0.2, -0.15) is 0 Å². The van der Waals surface area contributed by atoms with Crippen LogP contribution >= 0.6 is 0 Å². The minimum Gasteiger partial charge on any atom is -0.495 e. The fraction of sp³-hybridized carbons (Fsp3) is 0.111. The molecular formula is C18H17N5O2. The predicted molar refractivity (Wildman–Crippen MR) is 95.1 cm³/mol. The highest BCUT2D eigenvalue weighted by Crippen LogP contribution is 2.37. The van der Waals surface area contributed by atoms with Crippen molar-refractivity contribution in [1.29, 1.82) is 0 Å². The third kappa shape index (κ3) is 3.12. The van der Waals surface area contributed by atoms with Gasteiger partial charge in [0.05, 0.1) is 23.9 Å². The number of nitrogens with zero attached hydrogens (tertiary/aromatic N) is 3. The number of nitrogens with one attached hydrogen (secondary N) is 1. The molecule has 0 saturated carbocycles. The zero-order valence-corrected chi connectivity index (χ0v) is 13.4. The van der Waals surface area contributed by atoms with E-state index in [-0.39, 0.29) is 11.4 Å². The van der Waals surface area contributed by atoms with Gasteiger partial charge in [0, 0.05) is 29.0 Å². The molecule has 126 valence electrons. The largest absolute Gasteiger partial charge is 0.495 e. The molecule has 2 heterocycles. The number of amides is 1. The van der Waals surface area contributed by atoms with Crippen LogP contribution in [0.4, 0.5) is 5.82 Å². The normalized spacial score (nSPS) is 12.6. The van der Waals surface area contributed by atoms with Crippen molar-refractivity contribution in [2.75, 3.05) is 19.8 Å². The van der Waals surface area contributed by atoms with Crippen molar-refractivity contribution in [3.8, 4) is 28.4 Å². The van der Waals surface area contributed by atoms with Gasteiger partial charge in [0.2, 0.25) is 0 Å². The molecule has 7 nitrogen and oxygen atoms in total. The van der Waals surface area contributed by atoms with Crippen molar-refractivity contribution in [2.24, 2.45) is 0 Å². The van der Waals surface area contributed by atoms with Crippen LogP contribution in [0.25, 0.3) is 22.6 Å². The Balaban J connectivity index is 2.03. The maximum atomic E-state index is 12.1. The second-order valence-electron chi connectivity index (χ2n) is 5.04. The minimum atomic E-state index is -2.62. The van der Waals surface area contributed by atoms with Gasteiger partial charge in [0.25, 0.3) is 5.91 Å². The molecule has 0 aliphatic rings. The number of carbonyl (C=O) groups excluding carboxylic acids is 1. The number of benzene rings is 1. The van der Waals surface area contributed by atoms with E-state index in [4.69, 9.17) is 14.6 Å². The molecule has 0 spiro atoms. The van der Waals surface area contributed by atoms with E-state index in [0.29, 0.717) is 28.4 Å². The third-order valence-corrected chi connectivity index (χ3v) is 3.58. The fourth-order valence-corrected chi connectivity index (χ4v) is 2.46. The summed E-state index contributed by atoms with van der Waals surface area (Å²) in [5.74, 6) is 0.0701. The first-order chi connectivity index (χ1) is 13.3. The molecule has 0 saturated heterocycles. The van der Waals surface area contributed by atoms with E-state index in [1.165, 1.54) is 13.2 Å². The molecule has 7 heteroatoms. The smallest absolute Gasteiger partial charge is 0.254 e. The molecule has 3 rings (SSSR count). The van der Waals surface area contributed by atoms with Gasteiger partial charge in [-0.15, -0.1) is 0 Å². The molecule has 0 atom stereocenters. The van der Waals surface area contributed by atoms with Crippen molar-refractivity contribution < 1.29 is 13.6 Å². The van der Waals surface area contributed by atoms with Crippen molar-refractivity contribution in [3.05, 3.63) is 54.4 Å². The summed E-state index contributed by atoms with van der Waals surface area (Å²) in [5, 5.41) is 1.89. The minimum absolute atomic E-state index is 0.0265. The van der Waals surface area contributed by atoms with E-state index in [2.05, 4.69) is 15.0 Å². The summed E-state index contributed by atoms with van der Waals surface area (Å²) in [7, 11) is 1.52. The van der Waals surface area contributed by atoms with E-state index >= 15 is 0 Å². The summed E-state index contributed by atoms with van der Waals surface area (Å²) in [4.78, 5) is 24.8. The lowest BCUT2D eigenvalue weighted by Crippen LogP contribution is -2.19. The average Bonchev–Trinajstić information content (AvgIpc) is 2.66. The van der Waals surface area contributed by atoms with Crippen LogP contribution in [-0.2, 0) is 0 Å². The van der Waals surface area contributed by atoms with E-state index in [1.807, 2.05) is 11.4 Å². The van der Waals surface area contributed by atoms with Gasteiger partial charge in [-0.3, -0.25) is 4.79 Å². The quantitative estimate of drug-likeness (QED) is 0.755. The number of para-hydroxylation sites is 1. The fourth-order valence-electron chi connectivity index (χ4n) is 2.46. The Bertz CT molecular complexity index is 1010. The van der Waals surface area contributed by atoms with E-state index in [9.17, 15) is 4.79 Å². The number of hydrogen-bond donors (Lipinski definition) is 2. The van der Waals surface area contributed by atoms with Gasteiger partial charge in [-0.25, -0.2) is 15.0 Å². The number of pyridine rings is 1. The number of aromatic nitrogens is 3. The molecule has 3 aromatic rings. The molecule has 0 fully saturated rings. The van der Waals surface area contributed by atoms with Crippen molar-refractivity contribution in [3.63, 3.8) is 0 Å². The highest BCUT2D eigenvalue weighted by atomic mass is 16.5. The summed E-state index contributed by atoms with van der Waals surface area (Å²) in [6, 6.07) is 10.1. The lowest BCUT2D eigenvalue weighted by Gasteiger charge is -2.13. The zero-order valence-electron chi connectivity index (χ0n) is 16.4. The number of methoxy groups -OCH3 is 1. The Morgan fingerprint density at radius 3 is 2.60 bits per heavy atom. The summed E-state index contributed by atoms with van der Waals surface area (Å²) >= 11 is 0. The van der Waals surface area contributed by atoms with Crippen molar-refractivity contribution in [2.45, 2.75) is 0 Å². The topological polar surface area (TPSA) is 103 Å². The maximum absolute atomic E-state index is 12.1. The average molecular weight is 338 g/mol. The first-order valence-electron chi connectivity index (χ1n) is 8.84. The molecule has 1 aromatic carbocycles. The molecule has 0 aliphatic heterocycles. The van der Waals surface area contributed by atoms with Crippen LogP contribution in [0.5, 0.6) is 5.75 Å². The molecule has 0 radical (unpaired) electrons. The van der Waals surface area contributed by atoms with Gasteiger partial charge in [-0.05, 0) is 30.3 Å². The monoisotopic (exact) mass is 338 g/mol. The SMILES string of the molecule is [2H]C([2H])([2H])NC(=O)c1ccc(-c2cccc(-c3ncccn3)c2OC)nc1N. The first kappa shape index (κ1) is 12.9. The Morgan fingerprint density at radius 1 is 1.16 bits per heavy atom. The lowest BCUT2D eigenvalue weighted by atomic mass is 10.0. The summed E-state index contributed by atoms with van der Waals surface area (Å²) in [6.07, 6.45) is 3.26.